The van der Waals surface area contributed by atoms with E-state index in [1.165, 1.54) is 48.7 Å². The van der Waals surface area contributed by atoms with E-state index in [1.54, 1.807) is 12.1 Å². The van der Waals surface area contributed by atoms with Crippen molar-refractivity contribution in [3.05, 3.63) is 95.2 Å². The minimum absolute atomic E-state index is 0.00475. The van der Waals surface area contributed by atoms with Crippen LogP contribution < -0.4 is 4.74 Å². The van der Waals surface area contributed by atoms with Crippen molar-refractivity contribution in [1.82, 2.24) is 0 Å². The van der Waals surface area contributed by atoms with Gasteiger partial charge in [0.2, 0.25) is 0 Å². The number of hydrogen-bond acceptors (Lipinski definition) is 1. The number of hydrogen-bond donors (Lipinski definition) is 0. The third kappa shape index (κ3) is 3.67. The van der Waals surface area contributed by atoms with Crippen LogP contribution in [-0.2, 0) is 18.8 Å². The Labute approximate surface area is 168 Å². The minimum atomic E-state index is -4.57. The molecule has 0 saturated heterocycles. The van der Waals surface area contributed by atoms with Gasteiger partial charge < -0.3 is 4.74 Å². The molecule has 3 aromatic rings. The Bertz CT molecular complexity index is 1130. The first-order valence-corrected chi connectivity index (χ1v) is 8.97. The van der Waals surface area contributed by atoms with Gasteiger partial charge in [-0.3, -0.25) is 0 Å². The van der Waals surface area contributed by atoms with Crippen molar-refractivity contribution in [3.63, 3.8) is 0 Å². The Morgan fingerprint density at radius 1 is 0.600 bits per heavy atom. The zero-order valence-corrected chi connectivity index (χ0v) is 15.3. The predicted molar refractivity (Wildman–Crippen MR) is 101 cm³/mol. The number of alkyl halides is 6. The summed E-state index contributed by atoms with van der Waals surface area (Å²) >= 11 is 0. The summed E-state index contributed by atoms with van der Waals surface area (Å²) in [6.45, 7) is 0. The molecule has 0 N–H and O–H groups in total. The highest BCUT2D eigenvalue weighted by Gasteiger charge is 2.36. The summed E-state index contributed by atoms with van der Waals surface area (Å²) in [5.74, 6) is 0.317. The average Bonchev–Trinajstić information content (AvgIpc) is 2.72. The van der Waals surface area contributed by atoms with Crippen LogP contribution in [0.5, 0.6) is 5.75 Å². The molecule has 3 aromatic carbocycles. The van der Waals surface area contributed by atoms with Gasteiger partial charge in [0.1, 0.15) is 5.75 Å². The number of benzene rings is 3. The quantitative estimate of drug-likeness (QED) is 0.394. The van der Waals surface area contributed by atoms with Crippen molar-refractivity contribution in [2.45, 2.75) is 18.8 Å². The first-order chi connectivity index (χ1) is 14.2. The molecule has 7 heteroatoms. The Morgan fingerprint density at radius 3 is 1.77 bits per heavy atom. The highest BCUT2D eigenvalue weighted by atomic mass is 19.4. The average molecular weight is 420 g/mol. The van der Waals surface area contributed by atoms with Gasteiger partial charge in [-0.05, 0) is 40.5 Å². The molecule has 0 bridgehead atoms. The normalized spacial score (nSPS) is 14.0. The van der Waals surface area contributed by atoms with Crippen LogP contribution in [0.1, 0.15) is 22.3 Å². The Kier molecular flexibility index (Phi) is 4.84. The Hall–Kier alpha value is -3.22. The van der Waals surface area contributed by atoms with Gasteiger partial charge >= 0.3 is 12.4 Å². The fourth-order valence-electron chi connectivity index (χ4n) is 3.61. The van der Waals surface area contributed by atoms with Gasteiger partial charge in [-0.25, -0.2) is 0 Å². The summed E-state index contributed by atoms with van der Waals surface area (Å²) in [6, 6.07) is 14.8. The molecule has 0 saturated carbocycles. The van der Waals surface area contributed by atoms with Crippen LogP contribution in [0.4, 0.5) is 26.3 Å². The molecule has 0 fully saturated rings. The lowest BCUT2D eigenvalue weighted by Gasteiger charge is -2.23. The van der Waals surface area contributed by atoms with Crippen molar-refractivity contribution in [2.75, 3.05) is 0 Å². The molecule has 0 radical (unpaired) electrons. The zero-order chi connectivity index (χ0) is 21.5. The maximum Gasteiger partial charge on any atom is 0.417 e. The first-order valence-electron chi connectivity index (χ1n) is 8.97. The lowest BCUT2D eigenvalue weighted by Crippen LogP contribution is -2.12. The third-order valence-electron chi connectivity index (χ3n) is 4.93. The van der Waals surface area contributed by atoms with E-state index in [2.05, 4.69) is 0 Å². The molecule has 1 aliphatic heterocycles. The predicted octanol–water partition coefficient (Wildman–Crippen LogP) is 7.37. The summed E-state index contributed by atoms with van der Waals surface area (Å²) in [5.41, 5.74) is -0.821. The van der Waals surface area contributed by atoms with Crippen LogP contribution in [-0.4, -0.2) is 0 Å². The van der Waals surface area contributed by atoms with Crippen LogP contribution in [0.25, 0.3) is 16.7 Å². The van der Waals surface area contributed by atoms with Gasteiger partial charge in [0, 0.05) is 12.0 Å². The maximum atomic E-state index is 13.5. The van der Waals surface area contributed by atoms with Gasteiger partial charge in [-0.15, -0.1) is 0 Å². The fraction of sp³-hybridized carbons (Fsp3) is 0.130. The molecule has 0 unspecified atom stereocenters. The Morgan fingerprint density at radius 2 is 1.13 bits per heavy atom. The van der Waals surface area contributed by atoms with Gasteiger partial charge in [-0.1, -0.05) is 48.5 Å². The fourth-order valence-corrected chi connectivity index (χ4v) is 3.61. The molecule has 0 aromatic heterocycles. The van der Waals surface area contributed by atoms with Crippen molar-refractivity contribution in [3.8, 4) is 16.9 Å². The van der Waals surface area contributed by atoms with Gasteiger partial charge in [-0.2, -0.15) is 26.3 Å². The topological polar surface area (TPSA) is 9.23 Å². The number of halogens is 6. The van der Waals surface area contributed by atoms with E-state index >= 15 is 0 Å². The van der Waals surface area contributed by atoms with E-state index < -0.39 is 23.5 Å². The molecule has 30 heavy (non-hydrogen) atoms. The number of allylic oxidation sites excluding steroid dienone is 1. The van der Waals surface area contributed by atoms with Gasteiger partial charge in [0.15, 0.2) is 0 Å². The Balaban J connectivity index is 1.83. The van der Waals surface area contributed by atoms with E-state index in [0.29, 0.717) is 11.3 Å². The molecule has 0 spiro atoms. The number of rotatable bonds is 2. The molecule has 0 aliphatic carbocycles. The molecule has 1 nitrogen and oxygen atoms in total. The van der Waals surface area contributed by atoms with Crippen molar-refractivity contribution >= 4 is 5.57 Å². The largest absolute Gasteiger partial charge is 0.464 e. The summed E-state index contributed by atoms with van der Waals surface area (Å²) in [5, 5.41) is 0. The third-order valence-corrected chi connectivity index (χ3v) is 4.93. The number of fused-ring (bicyclic) bond motifs is 1. The van der Waals surface area contributed by atoms with E-state index in [4.69, 9.17) is 4.74 Å². The highest BCUT2D eigenvalue weighted by Crippen LogP contribution is 2.44. The van der Waals surface area contributed by atoms with E-state index in [9.17, 15) is 26.3 Å². The molecule has 154 valence electrons. The number of ether oxygens (including phenoxy) is 1. The van der Waals surface area contributed by atoms with E-state index in [-0.39, 0.29) is 28.7 Å². The monoisotopic (exact) mass is 420 g/mol. The molecular formula is C23H14F6O. The van der Waals surface area contributed by atoms with E-state index in [1.807, 2.05) is 0 Å². The molecule has 4 rings (SSSR count). The molecule has 1 aliphatic rings. The second-order valence-corrected chi connectivity index (χ2v) is 6.81. The van der Waals surface area contributed by atoms with Crippen LogP contribution in [0.15, 0.2) is 73.0 Å². The second kappa shape index (κ2) is 7.23. The molecular weight excluding hydrogens is 406 g/mol. The second-order valence-electron chi connectivity index (χ2n) is 6.81. The van der Waals surface area contributed by atoms with Crippen molar-refractivity contribution < 1.29 is 31.1 Å². The standard InChI is InChI=1S/C23H14F6O/c24-22(25,26)19-9-3-1-6-15(19)14-12-18-16(8-5-11-21(18)30-13-14)17-7-2-4-10-20(17)23(27,28)29/h1-11,13H,12H2. The van der Waals surface area contributed by atoms with Crippen molar-refractivity contribution in [2.24, 2.45) is 0 Å². The van der Waals surface area contributed by atoms with Crippen LogP contribution in [0, 0.1) is 0 Å². The smallest absolute Gasteiger partial charge is 0.417 e. The van der Waals surface area contributed by atoms with Crippen LogP contribution >= 0.6 is 0 Å². The lowest BCUT2D eigenvalue weighted by molar-refractivity contribution is -0.138. The highest BCUT2D eigenvalue weighted by molar-refractivity contribution is 5.80. The van der Waals surface area contributed by atoms with Crippen LogP contribution in [0.3, 0.4) is 0 Å². The molecule has 0 amide bonds. The molecule has 0 atom stereocenters. The first kappa shape index (κ1) is 20.1. The molecule has 1 heterocycles. The summed E-state index contributed by atoms with van der Waals surface area (Å²) in [7, 11) is 0. The van der Waals surface area contributed by atoms with Crippen LogP contribution in [0.2, 0.25) is 0 Å². The van der Waals surface area contributed by atoms with Gasteiger partial charge in [0.05, 0.1) is 17.4 Å². The lowest BCUT2D eigenvalue weighted by atomic mass is 9.87. The summed E-state index contributed by atoms with van der Waals surface area (Å²) in [4.78, 5) is 0. The zero-order valence-electron chi connectivity index (χ0n) is 15.3. The maximum absolute atomic E-state index is 13.5. The summed E-state index contributed by atoms with van der Waals surface area (Å²) < 4.78 is 86.4. The van der Waals surface area contributed by atoms with Crippen molar-refractivity contribution in [1.29, 1.82) is 0 Å². The SMILES string of the molecule is FC(F)(F)c1ccccc1C1=COc2cccc(-c3ccccc3C(F)(F)F)c2C1. The minimum Gasteiger partial charge on any atom is -0.464 e. The van der Waals surface area contributed by atoms with E-state index in [0.717, 1.165) is 12.1 Å². The summed E-state index contributed by atoms with van der Waals surface area (Å²) in [6.07, 6.45) is -7.91. The van der Waals surface area contributed by atoms with Gasteiger partial charge in [0.25, 0.3) is 0 Å².